The van der Waals surface area contributed by atoms with Crippen molar-refractivity contribution in [1.29, 1.82) is 0 Å². The van der Waals surface area contributed by atoms with Gasteiger partial charge in [0.2, 0.25) is 5.91 Å². The van der Waals surface area contributed by atoms with Crippen LogP contribution in [0.25, 0.3) is 0 Å². The molecule has 110 valence electrons. The van der Waals surface area contributed by atoms with Crippen molar-refractivity contribution in [1.82, 2.24) is 0 Å². The van der Waals surface area contributed by atoms with Gasteiger partial charge in [0.1, 0.15) is 0 Å². The van der Waals surface area contributed by atoms with Crippen LogP contribution in [0.2, 0.25) is 0 Å². The maximum Gasteiger partial charge on any atom is 0.222 e. The van der Waals surface area contributed by atoms with Gasteiger partial charge in [-0.25, -0.2) is 0 Å². The van der Waals surface area contributed by atoms with E-state index in [0.29, 0.717) is 13.1 Å². The predicted molar refractivity (Wildman–Crippen MR) is 84.9 cm³/mol. The third-order valence-corrected chi connectivity index (χ3v) is 4.76. The number of carbonyl (C=O) groups excluding carboxylic acids is 1. The van der Waals surface area contributed by atoms with E-state index in [1.807, 2.05) is 11.8 Å². The van der Waals surface area contributed by atoms with Gasteiger partial charge >= 0.3 is 0 Å². The van der Waals surface area contributed by atoms with Gasteiger partial charge in [0.15, 0.2) is 0 Å². The second kappa shape index (κ2) is 6.99. The van der Waals surface area contributed by atoms with E-state index in [4.69, 9.17) is 11.5 Å². The van der Waals surface area contributed by atoms with E-state index in [1.54, 1.807) is 0 Å². The van der Waals surface area contributed by atoms with E-state index < -0.39 is 0 Å². The van der Waals surface area contributed by atoms with E-state index >= 15 is 0 Å². The second-order valence-corrected chi connectivity index (χ2v) is 6.38. The lowest BCUT2D eigenvalue weighted by molar-refractivity contribution is -0.122. The SMILES string of the molecule is CCSc1cccc(N2CCCC(C(N)=O)C2)c1CN. The third-order valence-electron chi connectivity index (χ3n) is 3.78. The van der Waals surface area contributed by atoms with Crippen LogP contribution in [0.5, 0.6) is 0 Å². The number of piperidine rings is 1. The normalized spacial score (nSPS) is 19.1. The van der Waals surface area contributed by atoms with Crippen LogP contribution in [0.15, 0.2) is 23.1 Å². The molecule has 1 saturated heterocycles. The lowest BCUT2D eigenvalue weighted by atomic mass is 9.96. The van der Waals surface area contributed by atoms with E-state index in [1.165, 1.54) is 10.5 Å². The number of nitrogens with two attached hydrogens (primary N) is 2. The van der Waals surface area contributed by atoms with Gasteiger partial charge in [-0.05, 0) is 30.7 Å². The van der Waals surface area contributed by atoms with Crippen molar-refractivity contribution in [3.05, 3.63) is 23.8 Å². The lowest BCUT2D eigenvalue weighted by Gasteiger charge is -2.34. The number of nitrogens with zero attached hydrogens (tertiary/aromatic N) is 1. The summed E-state index contributed by atoms with van der Waals surface area (Å²) in [6.45, 7) is 4.34. The van der Waals surface area contributed by atoms with Crippen molar-refractivity contribution in [3.63, 3.8) is 0 Å². The molecule has 4 N–H and O–H groups in total. The Bertz CT molecular complexity index is 478. The lowest BCUT2D eigenvalue weighted by Crippen LogP contribution is -2.41. The molecule has 1 unspecified atom stereocenters. The van der Waals surface area contributed by atoms with E-state index in [-0.39, 0.29) is 11.8 Å². The molecular weight excluding hydrogens is 270 g/mol. The number of anilines is 1. The van der Waals surface area contributed by atoms with Crippen molar-refractivity contribution in [2.24, 2.45) is 17.4 Å². The van der Waals surface area contributed by atoms with Gasteiger partial charge in [-0.1, -0.05) is 13.0 Å². The fraction of sp³-hybridized carbons (Fsp3) is 0.533. The van der Waals surface area contributed by atoms with Crippen molar-refractivity contribution >= 4 is 23.4 Å². The van der Waals surface area contributed by atoms with Crippen LogP contribution >= 0.6 is 11.8 Å². The summed E-state index contributed by atoms with van der Waals surface area (Å²) in [5.41, 5.74) is 13.8. The van der Waals surface area contributed by atoms with Crippen molar-refractivity contribution in [3.8, 4) is 0 Å². The van der Waals surface area contributed by atoms with Gasteiger partial charge in [-0.3, -0.25) is 4.79 Å². The average Bonchev–Trinajstić information content (AvgIpc) is 2.47. The van der Waals surface area contributed by atoms with E-state index in [9.17, 15) is 4.79 Å². The molecule has 5 heteroatoms. The molecule has 1 atom stereocenters. The molecule has 1 aromatic rings. The molecule has 1 heterocycles. The largest absolute Gasteiger partial charge is 0.370 e. The highest BCUT2D eigenvalue weighted by atomic mass is 32.2. The fourth-order valence-electron chi connectivity index (χ4n) is 2.77. The summed E-state index contributed by atoms with van der Waals surface area (Å²) >= 11 is 1.81. The summed E-state index contributed by atoms with van der Waals surface area (Å²) in [5, 5.41) is 0. The predicted octanol–water partition coefficient (Wildman–Crippen LogP) is 1.96. The number of benzene rings is 1. The molecule has 1 amide bonds. The molecule has 1 aromatic carbocycles. The molecule has 0 saturated carbocycles. The zero-order valence-corrected chi connectivity index (χ0v) is 12.8. The topological polar surface area (TPSA) is 72.3 Å². The Hall–Kier alpha value is -1.20. The molecule has 0 aliphatic carbocycles. The third kappa shape index (κ3) is 3.27. The van der Waals surface area contributed by atoms with Gasteiger partial charge in [0.25, 0.3) is 0 Å². The average molecular weight is 293 g/mol. The summed E-state index contributed by atoms with van der Waals surface area (Å²) in [6.07, 6.45) is 1.90. The highest BCUT2D eigenvalue weighted by molar-refractivity contribution is 7.99. The first-order valence-electron chi connectivity index (χ1n) is 7.16. The number of thioether (sulfide) groups is 1. The minimum Gasteiger partial charge on any atom is -0.370 e. The monoisotopic (exact) mass is 293 g/mol. The summed E-state index contributed by atoms with van der Waals surface area (Å²) in [6, 6.07) is 6.29. The Labute approximate surface area is 124 Å². The Morgan fingerprint density at radius 1 is 1.50 bits per heavy atom. The minimum absolute atomic E-state index is 0.0446. The van der Waals surface area contributed by atoms with Crippen molar-refractivity contribution in [2.75, 3.05) is 23.7 Å². The van der Waals surface area contributed by atoms with Crippen LogP contribution in [0.3, 0.4) is 0 Å². The summed E-state index contributed by atoms with van der Waals surface area (Å²) in [4.78, 5) is 14.9. The Kier molecular flexibility index (Phi) is 5.31. The van der Waals surface area contributed by atoms with Crippen LogP contribution in [0, 0.1) is 5.92 Å². The van der Waals surface area contributed by atoms with Crippen LogP contribution in [0.1, 0.15) is 25.3 Å². The first kappa shape index (κ1) is 15.2. The molecule has 0 radical (unpaired) electrons. The maximum atomic E-state index is 11.4. The van der Waals surface area contributed by atoms with Crippen LogP contribution < -0.4 is 16.4 Å². The van der Waals surface area contributed by atoms with E-state index in [0.717, 1.165) is 30.8 Å². The summed E-state index contributed by atoms with van der Waals surface area (Å²) < 4.78 is 0. The zero-order chi connectivity index (χ0) is 14.5. The minimum atomic E-state index is -0.192. The summed E-state index contributed by atoms with van der Waals surface area (Å²) in [5.74, 6) is 0.792. The Morgan fingerprint density at radius 2 is 2.30 bits per heavy atom. The fourth-order valence-corrected chi connectivity index (χ4v) is 3.62. The molecule has 1 aliphatic heterocycles. The maximum absolute atomic E-state index is 11.4. The molecule has 20 heavy (non-hydrogen) atoms. The van der Waals surface area contributed by atoms with Gasteiger partial charge < -0.3 is 16.4 Å². The molecule has 0 spiro atoms. The van der Waals surface area contributed by atoms with Gasteiger partial charge in [-0.2, -0.15) is 0 Å². The highest BCUT2D eigenvalue weighted by Crippen LogP contribution is 2.32. The Balaban J connectivity index is 2.27. The molecule has 0 bridgehead atoms. The standard InChI is InChI=1S/C15H23N3OS/c1-2-20-14-7-3-6-13(12(14)9-16)18-8-4-5-11(10-18)15(17)19/h3,6-7,11H,2,4-5,8-10,16H2,1H3,(H2,17,19). The highest BCUT2D eigenvalue weighted by Gasteiger charge is 2.25. The first-order valence-corrected chi connectivity index (χ1v) is 8.15. The quantitative estimate of drug-likeness (QED) is 0.814. The van der Waals surface area contributed by atoms with Crippen LogP contribution in [-0.2, 0) is 11.3 Å². The van der Waals surface area contributed by atoms with Gasteiger partial charge in [0.05, 0.1) is 5.92 Å². The van der Waals surface area contributed by atoms with Gasteiger partial charge in [0, 0.05) is 35.8 Å². The molecule has 4 nitrogen and oxygen atoms in total. The Morgan fingerprint density at radius 3 is 2.95 bits per heavy atom. The smallest absolute Gasteiger partial charge is 0.222 e. The number of hydrogen-bond donors (Lipinski definition) is 2. The first-order chi connectivity index (χ1) is 9.67. The number of carbonyl (C=O) groups is 1. The van der Waals surface area contributed by atoms with Crippen molar-refractivity contribution in [2.45, 2.75) is 31.2 Å². The second-order valence-electron chi connectivity index (χ2n) is 5.08. The van der Waals surface area contributed by atoms with Crippen molar-refractivity contribution < 1.29 is 4.79 Å². The van der Waals surface area contributed by atoms with E-state index in [2.05, 4.69) is 30.0 Å². The van der Waals surface area contributed by atoms with Crippen LogP contribution in [0.4, 0.5) is 5.69 Å². The van der Waals surface area contributed by atoms with Crippen LogP contribution in [-0.4, -0.2) is 24.7 Å². The molecule has 1 aliphatic rings. The molecular formula is C15H23N3OS. The number of amides is 1. The number of hydrogen-bond acceptors (Lipinski definition) is 4. The number of rotatable bonds is 5. The molecule has 1 fully saturated rings. The number of primary amides is 1. The molecule has 0 aromatic heterocycles. The molecule has 2 rings (SSSR count). The summed E-state index contributed by atoms with van der Waals surface area (Å²) in [7, 11) is 0. The zero-order valence-electron chi connectivity index (χ0n) is 12.0. The van der Waals surface area contributed by atoms with Gasteiger partial charge in [-0.15, -0.1) is 11.8 Å².